The van der Waals surface area contributed by atoms with Crippen LogP contribution >= 0.6 is 24.8 Å². The van der Waals surface area contributed by atoms with E-state index >= 15 is 0 Å². The highest BCUT2D eigenvalue weighted by Crippen LogP contribution is 2.11. The van der Waals surface area contributed by atoms with Crippen molar-refractivity contribution in [2.75, 3.05) is 18.1 Å². The molecule has 1 rings (SSSR count). The quantitative estimate of drug-likeness (QED) is 0.743. The molecule has 0 amide bonds. The number of pyridine rings is 1. The smallest absolute Gasteiger partial charge is 0.123 e. The summed E-state index contributed by atoms with van der Waals surface area (Å²) in [6.07, 6.45) is 0. The summed E-state index contributed by atoms with van der Waals surface area (Å²) in [5.41, 5.74) is 7.40. The molecule has 0 aliphatic heterocycles. The first-order chi connectivity index (χ1) is 4.74. The average molecular weight is 210 g/mol. The topological polar surface area (TPSA) is 50.9 Å². The predicted octanol–water partition coefficient (Wildman–Crippen LogP) is 1.86. The molecule has 1 heterocycles. The standard InChI is InChI=1S/C7H11N3.2ClH/c1-5-6(9-2)3-4-7(8)10-5;;/h3-4,9H,1-2H3,(H2,8,10);2*1H. The van der Waals surface area contributed by atoms with Crippen LogP contribution in [0.5, 0.6) is 0 Å². The Morgan fingerprint density at radius 3 is 2.33 bits per heavy atom. The molecule has 1 aromatic rings. The number of nitrogens with zero attached hydrogens (tertiary/aromatic N) is 1. The highest BCUT2D eigenvalue weighted by Gasteiger charge is 1.94. The average Bonchev–Trinajstić information content (AvgIpc) is 1.88. The number of halogens is 2. The zero-order chi connectivity index (χ0) is 7.56. The molecule has 0 atom stereocenters. The maximum Gasteiger partial charge on any atom is 0.123 e. The molecule has 0 saturated carbocycles. The lowest BCUT2D eigenvalue weighted by Gasteiger charge is -2.02. The number of rotatable bonds is 1. The van der Waals surface area contributed by atoms with Crippen LogP contribution in [0.2, 0.25) is 0 Å². The summed E-state index contributed by atoms with van der Waals surface area (Å²) < 4.78 is 0. The third-order valence-corrected chi connectivity index (χ3v) is 1.38. The van der Waals surface area contributed by atoms with Crippen LogP contribution in [0.15, 0.2) is 12.1 Å². The van der Waals surface area contributed by atoms with E-state index in [1.165, 1.54) is 0 Å². The zero-order valence-electron chi connectivity index (χ0n) is 7.00. The van der Waals surface area contributed by atoms with Crippen molar-refractivity contribution in [1.29, 1.82) is 0 Å². The first-order valence-corrected chi connectivity index (χ1v) is 3.15. The molecule has 3 N–H and O–H groups in total. The van der Waals surface area contributed by atoms with Crippen molar-refractivity contribution in [3.8, 4) is 0 Å². The summed E-state index contributed by atoms with van der Waals surface area (Å²) in [4.78, 5) is 4.06. The fourth-order valence-corrected chi connectivity index (χ4v) is 0.845. The molecule has 0 radical (unpaired) electrons. The van der Waals surface area contributed by atoms with Gasteiger partial charge in [-0.3, -0.25) is 0 Å². The van der Waals surface area contributed by atoms with Crippen LogP contribution in [-0.4, -0.2) is 12.0 Å². The van der Waals surface area contributed by atoms with Crippen LogP contribution in [0.3, 0.4) is 0 Å². The van der Waals surface area contributed by atoms with Crippen LogP contribution < -0.4 is 11.1 Å². The minimum atomic E-state index is 0. The summed E-state index contributed by atoms with van der Waals surface area (Å²) in [7, 11) is 1.86. The molecule has 5 heteroatoms. The Morgan fingerprint density at radius 1 is 1.33 bits per heavy atom. The van der Waals surface area contributed by atoms with Gasteiger partial charge in [-0.15, -0.1) is 24.8 Å². The van der Waals surface area contributed by atoms with Crippen molar-refractivity contribution in [3.63, 3.8) is 0 Å². The van der Waals surface area contributed by atoms with Crippen LogP contribution in [0.1, 0.15) is 5.69 Å². The Hall–Kier alpha value is -0.670. The molecule has 0 aliphatic rings. The highest BCUT2D eigenvalue weighted by atomic mass is 35.5. The number of hydrogen-bond donors (Lipinski definition) is 2. The van der Waals surface area contributed by atoms with Gasteiger partial charge < -0.3 is 11.1 Å². The molecular formula is C7H13Cl2N3. The number of nitrogens with two attached hydrogens (primary N) is 1. The second-order valence-corrected chi connectivity index (χ2v) is 2.12. The second kappa shape index (κ2) is 5.91. The Balaban J connectivity index is 0. The van der Waals surface area contributed by atoms with Crippen molar-refractivity contribution in [2.45, 2.75) is 6.92 Å². The molecule has 12 heavy (non-hydrogen) atoms. The molecule has 3 nitrogen and oxygen atoms in total. The van der Waals surface area contributed by atoms with E-state index in [2.05, 4.69) is 10.3 Å². The maximum absolute atomic E-state index is 5.44. The SMILES string of the molecule is CNc1ccc(N)nc1C.Cl.Cl. The number of nitrogens with one attached hydrogen (secondary N) is 1. The van der Waals surface area contributed by atoms with Gasteiger partial charge in [-0.2, -0.15) is 0 Å². The number of aryl methyl sites for hydroxylation is 1. The number of hydrogen-bond acceptors (Lipinski definition) is 3. The summed E-state index contributed by atoms with van der Waals surface area (Å²) in [5, 5.41) is 3.00. The van der Waals surface area contributed by atoms with E-state index in [0.29, 0.717) is 5.82 Å². The largest absolute Gasteiger partial charge is 0.387 e. The van der Waals surface area contributed by atoms with Crippen molar-refractivity contribution < 1.29 is 0 Å². The molecular weight excluding hydrogens is 197 g/mol. The minimum absolute atomic E-state index is 0. The van der Waals surface area contributed by atoms with Gasteiger partial charge in [0, 0.05) is 7.05 Å². The van der Waals surface area contributed by atoms with Gasteiger partial charge in [-0.25, -0.2) is 4.98 Å². The molecule has 0 fully saturated rings. The highest BCUT2D eigenvalue weighted by molar-refractivity contribution is 5.85. The third kappa shape index (κ3) is 3.15. The molecule has 0 spiro atoms. The minimum Gasteiger partial charge on any atom is -0.387 e. The van der Waals surface area contributed by atoms with E-state index < -0.39 is 0 Å². The Bertz CT molecular complexity index is 240. The summed E-state index contributed by atoms with van der Waals surface area (Å²) >= 11 is 0. The van der Waals surface area contributed by atoms with Gasteiger partial charge in [0.05, 0.1) is 11.4 Å². The van der Waals surface area contributed by atoms with Gasteiger partial charge in [0.25, 0.3) is 0 Å². The number of nitrogen functional groups attached to an aromatic ring is 1. The molecule has 0 aromatic carbocycles. The Kier molecular flexibility index (Phi) is 6.85. The number of aromatic nitrogens is 1. The molecule has 0 unspecified atom stereocenters. The monoisotopic (exact) mass is 209 g/mol. The van der Waals surface area contributed by atoms with Gasteiger partial charge in [-0.1, -0.05) is 0 Å². The van der Waals surface area contributed by atoms with Crippen molar-refractivity contribution >= 4 is 36.3 Å². The van der Waals surface area contributed by atoms with E-state index in [1.54, 1.807) is 6.07 Å². The lowest BCUT2D eigenvalue weighted by atomic mass is 10.3. The maximum atomic E-state index is 5.44. The van der Waals surface area contributed by atoms with E-state index in [4.69, 9.17) is 5.73 Å². The first-order valence-electron chi connectivity index (χ1n) is 3.15. The van der Waals surface area contributed by atoms with Gasteiger partial charge >= 0.3 is 0 Å². The Labute approximate surface area is 84.6 Å². The van der Waals surface area contributed by atoms with Gasteiger partial charge in [0.1, 0.15) is 5.82 Å². The second-order valence-electron chi connectivity index (χ2n) is 2.12. The summed E-state index contributed by atoms with van der Waals surface area (Å²) in [6.45, 7) is 1.92. The van der Waals surface area contributed by atoms with Crippen LogP contribution in [0.4, 0.5) is 11.5 Å². The van der Waals surface area contributed by atoms with Crippen molar-refractivity contribution in [1.82, 2.24) is 4.98 Å². The van der Waals surface area contributed by atoms with Crippen LogP contribution in [-0.2, 0) is 0 Å². The predicted molar refractivity (Wildman–Crippen MR) is 57.4 cm³/mol. The van der Waals surface area contributed by atoms with Crippen molar-refractivity contribution in [3.05, 3.63) is 17.8 Å². The molecule has 1 aromatic heterocycles. The van der Waals surface area contributed by atoms with Crippen molar-refractivity contribution in [2.24, 2.45) is 0 Å². The molecule has 0 saturated heterocycles. The fourth-order valence-electron chi connectivity index (χ4n) is 0.845. The van der Waals surface area contributed by atoms with Crippen LogP contribution in [0, 0.1) is 6.92 Å². The lowest BCUT2D eigenvalue weighted by molar-refractivity contribution is 1.20. The molecule has 70 valence electrons. The van der Waals surface area contributed by atoms with E-state index in [9.17, 15) is 0 Å². The zero-order valence-corrected chi connectivity index (χ0v) is 8.63. The molecule has 0 aliphatic carbocycles. The summed E-state index contributed by atoms with van der Waals surface area (Å²) in [6, 6.07) is 3.69. The number of anilines is 2. The molecule has 0 bridgehead atoms. The normalized spacial score (nSPS) is 7.83. The van der Waals surface area contributed by atoms with E-state index in [0.717, 1.165) is 11.4 Å². The van der Waals surface area contributed by atoms with E-state index in [1.807, 2.05) is 20.0 Å². The Morgan fingerprint density at radius 2 is 1.92 bits per heavy atom. The third-order valence-electron chi connectivity index (χ3n) is 1.38. The van der Waals surface area contributed by atoms with Gasteiger partial charge in [-0.05, 0) is 19.1 Å². The van der Waals surface area contributed by atoms with Gasteiger partial charge in [0.15, 0.2) is 0 Å². The summed E-state index contributed by atoms with van der Waals surface area (Å²) in [5.74, 6) is 0.566. The van der Waals surface area contributed by atoms with E-state index in [-0.39, 0.29) is 24.8 Å². The van der Waals surface area contributed by atoms with Crippen LogP contribution in [0.25, 0.3) is 0 Å². The first kappa shape index (κ1) is 13.9. The van der Waals surface area contributed by atoms with Gasteiger partial charge in [0.2, 0.25) is 0 Å². The fraction of sp³-hybridized carbons (Fsp3) is 0.286. The lowest BCUT2D eigenvalue weighted by Crippen LogP contribution is -1.97.